The summed E-state index contributed by atoms with van der Waals surface area (Å²) in [6.07, 6.45) is 3.43. The molecule has 27 heavy (non-hydrogen) atoms. The van der Waals surface area contributed by atoms with Crippen molar-refractivity contribution in [3.8, 4) is 5.75 Å². The first kappa shape index (κ1) is 17.7. The van der Waals surface area contributed by atoms with Gasteiger partial charge in [-0.25, -0.2) is 4.98 Å². The van der Waals surface area contributed by atoms with E-state index < -0.39 is 5.60 Å². The molecule has 4 rings (SSSR count). The number of aromatic nitrogens is 2. The van der Waals surface area contributed by atoms with Crippen LogP contribution in [0.25, 0.3) is 0 Å². The molecule has 0 spiro atoms. The number of rotatable bonds is 4. The summed E-state index contributed by atoms with van der Waals surface area (Å²) in [7, 11) is 0. The standard InChI is InChI=1S/C19H23N5O3/c20-18-22-7-3-16(23-18)24(12-19(26)5-8-21-9-6-19)17(25)14-1-2-15-13(11-14)4-10-27-15/h1-3,7,11,21,26H,4-6,8-10,12H2,(H2,20,22,23). The summed E-state index contributed by atoms with van der Waals surface area (Å²) in [5.41, 5.74) is 6.31. The van der Waals surface area contributed by atoms with Crippen molar-refractivity contribution in [3.05, 3.63) is 41.6 Å². The number of ether oxygens (including phenoxy) is 1. The maximum Gasteiger partial charge on any atom is 0.259 e. The number of aliphatic hydroxyl groups is 1. The number of benzene rings is 1. The van der Waals surface area contributed by atoms with E-state index in [0.29, 0.717) is 43.9 Å². The van der Waals surface area contributed by atoms with E-state index in [1.54, 1.807) is 12.1 Å². The van der Waals surface area contributed by atoms with Crippen molar-refractivity contribution >= 4 is 17.7 Å². The van der Waals surface area contributed by atoms with Crippen LogP contribution in [0, 0.1) is 0 Å². The fraction of sp³-hybridized carbons (Fsp3) is 0.421. The van der Waals surface area contributed by atoms with Crippen molar-refractivity contribution in [2.75, 3.05) is 36.9 Å². The van der Waals surface area contributed by atoms with E-state index in [4.69, 9.17) is 10.5 Å². The van der Waals surface area contributed by atoms with Crippen molar-refractivity contribution in [1.29, 1.82) is 0 Å². The second kappa shape index (κ2) is 7.13. The summed E-state index contributed by atoms with van der Waals surface area (Å²) >= 11 is 0. The topological polar surface area (TPSA) is 114 Å². The summed E-state index contributed by atoms with van der Waals surface area (Å²) in [4.78, 5) is 22.9. The number of nitrogens with two attached hydrogens (primary N) is 1. The predicted octanol–water partition coefficient (Wildman–Crippen LogP) is 0.755. The number of nitrogen functional groups attached to an aromatic ring is 1. The second-order valence-corrected chi connectivity index (χ2v) is 7.06. The van der Waals surface area contributed by atoms with E-state index >= 15 is 0 Å². The van der Waals surface area contributed by atoms with Gasteiger partial charge in [-0.15, -0.1) is 0 Å². The molecule has 8 nitrogen and oxygen atoms in total. The molecule has 2 aromatic rings. The van der Waals surface area contributed by atoms with Crippen LogP contribution in [0.15, 0.2) is 30.5 Å². The van der Waals surface area contributed by atoms with Gasteiger partial charge in [0, 0.05) is 18.2 Å². The Bertz CT molecular complexity index is 851. The van der Waals surface area contributed by atoms with Crippen LogP contribution in [-0.4, -0.2) is 52.8 Å². The van der Waals surface area contributed by atoms with Gasteiger partial charge in [0.25, 0.3) is 5.91 Å². The maximum absolute atomic E-state index is 13.3. The number of hydrogen-bond acceptors (Lipinski definition) is 7. The van der Waals surface area contributed by atoms with Gasteiger partial charge in [0.15, 0.2) is 0 Å². The van der Waals surface area contributed by atoms with Gasteiger partial charge in [0.2, 0.25) is 5.95 Å². The number of nitrogens with zero attached hydrogens (tertiary/aromatic N) is 3. The maximum atomic E-state index is 13.3. The van der Waals surface area contributed by atoms with Crippen molar-refractivity contribution < 1.29 is 14.6 Å². The molecule has 0 saturated carbocycles. The van der Waals surface area contributed by atoms with Crippen molar-refractivity contribution in [1.82, 2.24) is 15.3 Å². The Kier molecular flexibility index (Phi) is 4.67. The average Bonchev–Trinajstić information content (AvgIpc) is 3.14. The van der Waals surface area contributed by atoms with Crippen molar-refractivity contribution in [3.63, 3.8) is 0 Å². The molecule has 1 aromatic heterocycles. The largest absolute Gasteiger partial charge is 0.493 e. The van der Waals surface area contributed by atoms with E-state index in [2.05, 4.69) is 15.3 Å². The molecule has 3 heterocycles. The molecule has 1 fully saturated rings. The Morgan fingerprint density at radius 3 is 2.93 bits per heavy atom. The Morgan fingerprint density at radius 1 is 1.33 bits per heavy atom. The van der Waals surface area contributed by atoms with Crippen molar-refractivity contribution in [2.24, 2.45) is 0 Å². The fourth-order valence-electron chi connectivity index (χ4n) is 3.59. The van der Waals surface area contributed by atoms with Crippen LogP contribution in [0.5, 0.6) is 5.75 Å². The molecule has 0 atom stereocenters. The normalized spacial score (nSPS) is 17.8. The van der Waals surface area contributed by atoms with Crippen LogP contribution < -0.4 is 20.7 Å². The molecule has 8 heteroatoms. The number of fused-ring (bicyclic) bond motifs is 1. The van der Waals surface area contributed by atoms with Gasteiger partial charge >= 0.3 is 0 Å². The van der Waals surface area contributed by atoms with Gasteiger partial charge in [0.1, 0.15) is 11.6 Å². The van der Waals surface area contributed by atoms with Crippen LogP contribution in [0.3, 0.4) is 0 Å². The number of anilines is 2. The summed E-state index contributed by atoms with van der Waals surface area (Å²) < 4.78 is 5.52. The zero-order valence-electron chi connectivity index (χ0n) is 15.0. The van der Waals surface area contributed by atoms with E-state index in [1.165, 1.54) is 11.1 Å². The minimum Gasteiger partial charge on any atom is -0.493 e. The zero-order chi connectivity index (χ0) is 18.9. The lowest BCUT2D eigenvalue weighted by Crippen LogP contribution is -2.51. The molecule has 0 bridgehead atoms. The molecule has 142 valence electrons. The molecule has 1 amide bonds. The first-order chi connectivity index (χ1) is 13.0. The van der Waals surface area contributed by atoms with Gasteiger partial charge in [-0.05, 0) is 55.8 Å². The SMILES string of the molecule is Nc1nccc(N(CC2(O)CCNCC2)C(=O)c2ccc3c(c2)CCO3)n1. The molecule has 4 N–H and O–H groups in total. The van der Waals surface area contributed by atoms with Crippen LogP contribution in [0.1, 0.15) is 28.8 Å². The molecule has 0 aliphatic carbocycles. The third kappa shape index (κ3) is 3.72. The zero-order valence-corrected chi connectivity index (χ0v) is 15.0. The molecule has 0 unspecified atom stereocenters. The highest BCUT2D eigenvalue weighted by Gasteiger charge is 2.35. The van der Waals surface area contributed by atoms with E-state index in [0.717, 1.165) is 17.7 Å². The van der Waals surface area contributed by atoms with Crippen molar-refractivity contribution in [2.45, 2.75) is 24.9 Å². The minimum atomic E-state index is -0.972. The molecular formula is C19H23N5O3. The number of carbonyl (C=O) groups excluding carboxylic acids is 1. The number of piperidine rings is 1. The highest BCUT2D eigenvalue weighted by molar-refractivity contribution is 6.06. The molecule has 1 aromatic carbocycles. The quantitative estimate of drug-likeness (QED) is 0.729. The lowest BCUT2D eigenvalue weighted by atomic mass is 9.91. The first-order valence-electron chi connectivity index (χ1n) is 9.13. The van der Waals surface area contributed by atoms with Gasteiger partial charge < -0.3 is 20.9 Å². The summed E-state index contributed by atoms with van der Waals surface area (Å²) in [5.74, 6) is 1.07. The van der Waals surface area contributed by atoms with Gasteiger partial charge in [-0.3, -0.25) is 9.69 Å². The van der Waals surface area contributed by atoms with Crippen LogP contribution in [0.4, 0.5) is 11.8 Å². The molecule has 2 aliphatic heterocycles. The first-order valence-corrected chi connectivity index (χ1v) is 9.13. The van der Waals surface area contributed by atoms with Gasteiger partial charge in [-0.1, -0.05) is 0 Å². The number of hydrogen-bond donors (Lipinski definition) is 3. The van der Waals surface area contributed by atoms with E-state index in [9.17, 15) is 9.90 Å². The number of amides is 1. The summed E-state index contributed by atoms with van der Waals surface area (Å²) in [5, 5.41) is 14.2. The Hall–Kier alpha value is -2.71. The lowest BCUT2D eigenvalue weighted by molar-refractivity contribution is 0.0169. The third-order valence-electron chi connectivity index (χ3n) is 5.10. The van der Waals surface area contributed by atoms with Crippen LogP contribution in [-0.2, 0) is 6.42 Å². The van der Waals surface area contributed by atoms with E-state index in [-0.39, 0.29) is 18.4 Å². The summed E-state index contributed by atoms with van der Waals surface area (Å²) in [6.45, 7) is 2.20. The molecule has 0 radical (unpaired) electrons. The predicted molar refractivity (Wildman–Crippen MR) is 101 cm³/mol. The summed E-state index contributed by atoms with van der Waals surface area (Å²) in [6, 6.07) is 7.06. The monoisotopic (exact) mass is 369 g/mol. The molecule has 2 aliphatic rings. The Balaban J connectivity index is 1.67. The smallest absolute Gasteiger partial charge is 0.259 e. The molecular weight excluding hydrogens is 346 g/mol. The molecule has 1 saturated heterocycles. The fourth-order valence-corrected chi connectivity index (χ4v) is 3.59. The van der Waals surface area contributed by atoms with Gasteiger partial charge in [-0.2, -0.15) is 4.98 Å². The van der Waals surface area contributed by atoms with Gasteiger partial charge in [0.05, 0.1) is 18.8 Å². The average molecular weight is 369 g/mol. The minimum absolute atomic E-state index is 0.0879. The third-order valence-corrected chi connectivity index (χ3v) is 5.10. The van der Waals surface area contributed by atoms with Crippen LogP contribution >= 0.6 is 0 Å². The highest BCUT2D eigenvalue weighted by atomic mass is 16.5. The lowest BCUT2D eigenvalue weighted by Gasteiger charge is -2.37. The number of carbonyl (C=O) groups is 1. The highest BCUT2D eigenvalue weighted by Crippen LogP contribution is 2.28. The van der Waals surface area contributed by atoms with Crippen LogP contribution in [0.2, 0.25) is 0 Å². The van der Waals surface area contributed by atoms with E-state index in [1.807, 2.05) is 12.1 Å². The number of nitrogens with one attached hydrogen (secondary N) is 1. The Morgan fingerprint density at radius 2 is 2.15 bits per heavy atom. The Labute approximate surface area is 157 Å². The second-order valence-electron chi connectivity index (χ2n) is 7.06.